The van der Waals surface area contributed by atoms with Crippen LogP contribution in [0.1, 0.15) is 32.6 Å². The number of rotatable bonds is 7. The fourth-order valence-corrected chi connectivity index (χ4v) is 3.37. The monoisotopic (exact) mass is 252 g/mol. The van der Waals surface area contributed by atoms with E-state index in [0.717, 1.165) is 50.5 Å². The van der Waals surface area contributed by atoms with E-state index in [1.165, 1.54) is 32.2 Å². The fourth-order valence-electron chi connectivity index (χ4n) is 3.37. The van der Waals surface area contributed by atoms with Crippen LogP contribution in [0.5, 0.6) is 0 Å². The lowest BCUT2D eigenvalue weighted by molar-refractivity contribution is -0.0256. The highest BCUT2D eigenvalue weighted by Gasteiger charge is 2.40. The van der Waals surface area contributed by atoms with Crippen molar-refractivity contribution < 1.29 is 4.74 Å². The summed E-state index contributed by atoms with van der Waals surface area (Å²) in [7, 11) is 0. The maximum atomic E-state index is 5.84. The van der Waals surface area contributed by atoms with Crippen molar-refractivity contribution in [3.63, 3.8) is 0 Å². The van der Waals surface area contributed by atoms with Crippen LogP contribution in [-0.4, -0.2) is 50.3 Å². The summed E-state index contributed by atoms with van der Waals surface area (Å²) in [5, 5.41) is 3.69. The zero-order valence-electron chi connectivity index (χ0n) is 11.7. The molecule has 0 bridgehead atoms. The molecule has 1 unspecified atom stereocenters. The van der Waals surface area contributed by atoms with Gasteiger partial charge >= 0.3 is 0 Å². The third kappa shape index (κ3) is 3.46. The van der Waals surface area contributed by atoms with Gasteiger partial charge in [0.2, 0.25) is 0 Å². The highest BCUT2D eigenvalue weighted by Crippen LogP contribution is 2.48. The molecule has 3 rings (SSSR count). The molecule has 3 aliphatic rings. The van der Waals surface area contributed by atoms with Crippen molar-refractivity contribution in [2.24, 2.45) is 17.8 Å². The van der Waals surface area contributed by atoms with Crippen LogP contribution in [0.3, 0.4) is 0 Å². The van der Waals surface area contributed by atoms with Crippen LogP contribution in [-0.2, 0) is 4.74 Å². The van der Waals surface area contributed by atoms with Crippen molar-refractivity contribution in [1.29, 1.82) is 0 Å². The van der Waals surface area contributed by atoms with E-state index in [-0.39, 0.29) is 0 Å². The summed E-state index contributed by atoms with van der Waals surface area (Å²) in [5.41, 5.74) is 0. The van der Waals surface area contributed by atoms with E-state index >= 15 is 0 Å². The summed E-state index contributed by atoms with van der Waals surface area (Å²) in [4.78, 5) is 2.50. The van der Waals surface area contributed by atoms with Crippen LogP contribution in [0.25, 0.3) is 0 Å². The maximum absolute atomic E-state index is 5.84. The lowest BCUT2D eigenvalue weighted by Gasteiger charge is -2.32. The number of ether oxygens (including phenoxy) is 1. The Hall–Kier alpha value is -0.120. The molecule has 2 aliphatic carbocycles. The fraction of sp³-hybridized carbons (Fsp3) is 1.00. The number of likely N-dealkylation sites (N-methyl/N-ethyl adjacent to an activating group) is 1. The summed E-state index contributed by atoms with van der Waals surface area (Å²) >= 11 is 0. The molecule has 18 heavy (non-hydrogen) atoms. The number of hydrogen-bond acceptors (Lipinski definition) is 3. The summed E-state index contributed by atoms with van der Waals surface area (Å²) < 4.78 is 5.84. The number of nitrogens with one attached hydrogen (secondary N) is 1. The molecule has 1 saturated heterocycles. The largest absolute Gasteiger partial charge is 0.374 e. The highest BCUT2D eigenvalue weighted by atomic mass is 16.5. The Labute approximate surface area is 111 Å². The van der Waals surface area contributed by atoms with E-state index in [0.29, 0.717) is 6.10 Å². The predicted octanol–water partition coefficient (Wildman–Crippen LogP) is 1.73. The average Bonchev–Trinajstić information content (AvgIpc) is 3.28. The number of morpholine rings is 1. The molecule has 3 nitrogen and oxygen atoms in total. The van der Waals surface area contributed by atoms with Gasteiger partial charge in [0, 0.05) is 19.6 Å². The minimum Gasteiger partial charge on any atom is -0.374 e. The van der Waals surface area contributed by atoms with Gasteiger partial charge in [-0.3, -0.25) is 4.90 Å². The van der Waals surface area contributed by atoms with Crippen LogP contribution in [0.15, 0.2) is 0 Å². The van der Waals surface area contributed by atoms with Crippen molar-refractivity contribution >= 4 is 0 Å². The Bertz CT molecular complexity index is 251. The third-order valence-electron chi connectivity index (χ3n) is 4.88. The molecule has 104 valence electrons. The van der Waals surface area contributed by atoms with Gasteiger partial charge in [0.15, 0.2) is 0 Å². The minimum absolute atomic E-state index is 0.415. The zero-order valence-corrected chi connectivity index (χ0v) is 11.7. The van der Waals surface area contributed by atoms with Crippen LogP contribution < -0.4 is 5.32 Å². The molecule has 1 aliphatic heterocycles. The standard InChI is InChI=1S/C15H28N2O/c1-2-17-7-8-18-14(11-17)9-16-10-15(12-3-4-12)13-5-6-13/h12-16H,2-11H2,1H3. The van der Waals surface area contributed by atoms with Crippen molar-refractivity contribution in [2.45, 2.75) is 38.7 Å². The molecule has 3 heteroatoms. The van der Waals surface area contributed by atoms with Gasteiger partial charge in [-0.2, -0.15) is 0 Å². The molecule has 0 spiro atoms. The van der Waals surface area contributed by atoms with Gasteiger partial charge in [-0.15, -0.1) is 0 Å². The first kappa shape index (κ1) is 12.9. The topological polar surface area (TPSA) is 24.5 Å². The van der Waals surface area contributed by atoms with E-state index < -0.39 is 0 Å². The summed E-state index contributed by atoms with van der Waals surface area (Å²) in [6.45, 7) is 8.82. The first-order valence-electron chi connectivity index (χ1n) is 7.91. The van der Waals surface area contributed by atoms with Crippen LogP contribution >= 0.6 is 0 Å². The quantitative estimate of drug-likeness (QED) is 0.747. The second-order valence-electron chi connectivity index (χ2n) is 6.38. The van der Waals surface area contributed by atoms with Gasteiger partial charge in [-0.1, -0.05) is 6.92 Å². The molecule has 0 aromatic heterocycles. The van der Waals surface area contributed by atoms with Crippen LogP contribution in [0, 0.1) is 17.8 Å². The summed E-state index contributed by atoms with van der Waals surface area (Å²) in [6, 6.07) is 0. The molecule has 0 aromatic rings. The Morgan fingerprint density at radius 2 is 1.94 bits per heavy atom. The van der Waals surface area contributed by atoms with Crippen LogP contribution in [0.4, 0.5) is 0 Å². The first-order chi connectivity index (χ1) is 8.86. The molecule has 0 radical (unpaired) electrons. The molecular formula is C15H28N2O. The van der Waals surface area contributed by atoms with Crippen molar-refractivity contribution in [1.82, 2.24) is 10.2 Å². The van der Waals surface area contributed by atoms with E-state index in [9.17, 15) is 0 Å². The highest BCUT2D eigenvalue weighted by molar-refractivity contribution is 4.92. The first-order valence-corrected chi connectivity index (χ1v) is 7.91. The van der Waals surface area contributed by atoms with Gasteiger partial charge in [-0.05, 0) is 56.5 Å². The van der Waals surface area contributed by atoms with E-state index in [4.69, 9.17) is 4.74 Å². The zero-order chi connectivity index (χ0) is 12.4. The third-order valence-corrected chi connectivity index (χ3v) is 4.88. The molecule has 3 fully saturated rings. The van der Waals surface area contributed by atoms with E-state index in [2.05, 4.69) is 17.1 Å². The lowest BCUT2D eigenvalue weighted by Crippen LogP contribution is -2.47. The van der Waals surface area contributed by atoms with Crippen LogP contribution in [0.2, 0.25) is 0 Å². The van der Waals surface area contributed by atoms with Crippen molar-refractivity contribution in [3.8, 4) is 0 Å². The average molecular weight is 252 g/mol. The van der Waals surface area contributed by atoms with Gasteiger partial charge in [-0.25, -0.2) is 0 Å². The molecule has 1 heterocycles. The number of nitrogens with zero attached hydrogens (tertiary/aromatic N) is 1. The van der Waals surface area contributed by atoms with E-state index in [1.807, 2.05) is 0 Å². The molecular weight excluding hydrogens is 224 g/mol. The second kappa shape index (κ2) is 5.89. The molecule has 2 saturated carbocycles. The normalized spacial score (nSPS) is 30.0. The predicted molar refractivity (Wildman–Crippen MR) is 73.7 cm³/mol. The smallest absolute Gasteiger partial charge is 0.0826 e. The van der Waals surface area contributed by atoms with Crippen molar-refractivity contribution in [2.75, 3.05) is 39.3 Å². The van der Waals surface area contributed by atoms with Gasteiger partial charge in [0.05, 0.1) is 12.7 Å². The lowest BCUT2D eigenvalue weighted by atomic mass is 9.98. The summed E-state index contributed by atoms with van der Waals surface area (Å²) in [6.07, 6.45) is 6.38. The molecule has 1 atom stereocenters. The minimum atomic E-state index is 0.415. The Morgan fingerprint density at radius 3 is 2.56 bits per heavy atom. The molecule has 1 N–H and O–H groups in total. The number of hydrogen-bond donors (Lipinski definition) is 1. The summed E-state index contributed by atoms with van der Waals surface area (Å²) in [5.74, 6) is 3.10. The SMILES string of the molecule is CCN1CCOC(CNCC(C2CC2)C2CC2)C1. The maximum Gasteiger partial charge on any atom is 0.0826 e. The molecule has 0 amide bonds. The molecule has 0 aromatic carbocycles. The second-order valence-corrected chi connectivity index (χ2v) is 6.38. The Kier molecular flexibility index (Phi) is 4.22. The Morgan fingerprint density at radius 1 is 1.22 bits per heavy atom. The van der Waals surface area contributed by atoms with Crippen molar-refractivity contribution in [3.05, 3.63) is 0 Å². The Balaban J connectivity index is 1.35. The van der Waals surface area contributed by atoms with Gasteiger partial charge in [0.25, 0.3) is 0 Å². The van der Waals surface area contributed by atoms with E-state index in [1.54, 1.807) is 0 Å². The van der Waals surface area contributed by atoms with Gasteiger partial charge < -0.3 is 10.1 Å². The van der Waals surface area contributed by atoms with Gasteiger partial charge in [0.1, 0.15) is 0 Å².